The van der Waals surface area contributed by atoms with E-state index in [1.54, 1.807) is 13.8 Å². The third-order valence-corrected chi connectivity index (χ3v) is 5.61. The van der Waals surface area contributed by atoms with Gasteiger partial charge >= 0.3 is 11.9 Å². The molecule has 0 N–H and O–H groups in total. The predicted octanol–water partition coefficient (Wildman–Crippen LogP) is 1.92. The predicted molar refractivity (Wildman–Crippen MR) is 92.9 cm³/mol. The molecular formula is C17H20N2O5S. The molecule has 134 valence electrons. The average molecular weight is 364 g/mol. The Morgan fingerprint density at radius 1 is 1.40 bits per heavy atom. The van der Waals surface area contributed by atoms with Crippen LogP contribution in [0.15, 0.2) is 4.79 Å². The molecule has 0 radical (unpaired) electrons. The molecule has 2 aromatic heterocycles. The van der Waals surface area contributed by atoms with Crippen molar-refractivity contribution >= 4 is 33.5 Å². The van der Waals surface area contributed by atoms with Crippen LogP contribution in [-0.2, 0) is 32.0 Å². The van der Waals surface area contributed by atoms with Crippen molar-refractivity contribution in [2.45, 2.75) is 45.6 Å². The quantitative estimate of drug-likeness (QED) is 0.770. The van der Waals surface area contributed by atoms with Crippen LogP contribution in [0.4, 0.5) is 0 Å². The van der Waals surface area contributed by atoms with Gasteiger partial charge in [0.2, 0.25) is 0 Å². The van der Waals surface area contributed by atoms with Crippen molar-refractivity contribution in [2.75, 3.05) is 13.7 Å². The van der Waals surface area contributed by atoms with Crippen LogP contribution in [0.2, 0.25) is 0 Å². The van der Waals surface area contributed by atoms with Gasteiger partial charge < -0.3 is 9.47 Å². The van der Waals surface area contributed by atoms with E-state index in [4.69, 9.17) is 4.74 Å². The van der Waals surface area contributed by atoms with Crippen LogP contribution in [-0.4, -0.2) is 35.2 Å². The topological polar surface area (TPSA) is 87.5 Å². The van der Waals surface area contributed by atoms with Crippen molar-refractivity contribution in [3.8, 4) is 0 Å². The highest BCUT2D eigenvalue weighted by atomic mass is 32.1. The number of carbonyl (C=O) groups is 2. The van der Waals surface area contributed by atoms with Crippen LogP contribution in [0.3, 0.4) is 0 Å². The molecule has 0 saturated heterocycles. The molecular weight excluding hydrogens is 344 g/mol. The Morgan fingerprint density at radius 2 is 2.16 bits per heavy atom. The molecule has 25 heavy (non-hydrogen) atoms. The summed E-state index contributed by atoms with van der Waals surface area (Å²) >= 11 is 1.45. The second kappa shape index (κ2) is 6.95. The van der Waals surface area contributed by atoms with E-state index in [1.807, 2.05) is 0 Å². The Morgan fingerprint density at radius 3 is 2.84 bits per heavy atom. The maximum Gasteiger partial charge on any atom is 0.325 e. The Balaban J connectivity index is 2.20. The molecule has 8 heteroatoms. The number of ether oxygens (including phenoxy) is 2. The summed E-state index contributed by atoms with van der Waals surface area (Å²) in [6, 6.07) is 0. The molecule has 0 aromatic carbocycles. The first kappa shape index (κ1) is 17.6. The number of rotatable bonds is 4. The van der Waals surface area contributed by atoms with Gasteiger partial charge in [0.05, 0.1) is 25.0 Å². The van der Waals surface area contributed by atoms with Crippen LogP contribution in [0, 0.1) is 6.92 Å². The summed E-state index contributed by atoms with van der Waals surface area (Å²) in [6.45, 7) is 3.56. The number of esters is 2. The van der Waals surface area contributed by atoms with E-state index in [1.165, 1.54) is 23.0 Å². The van der Waals surface area contributed by atoms with E-state index < -0.39 is 11.9 Å². The molecule has 0 aliphatic heterocycles. The largest absolute Gasteiger partial charge is 0.468 e. The van der Waals surface area contributed by atoms with Crippen molar-refractivity contribution < 1.29 is 19.1 Å². The van der Waals surface area contributed by atoms with E-state index in [2.05, 4.69) is 9.72 Å². The summed E-state index contributed by atoms with van der Waals surface area (Å²) < 4.78 is 11.2. The zero-order valence-electron chi connectivity index (χ0n) is 14.5. The second-order valence-corrected chi connectivity index (χ2v) is 7.03. The number of hydrogen-bond donors (Lipinski definition) is 0. The average Bonchev–Trinajstić information content (AvgIpc) is 2.96. The molecule has 0 saturated carbocycles. The summed E-state index contributed by atoms with van der Waals surface area (Å²) in [4.78, 5) is 43.1. The van der Waals surface area contributed by atoms with Gasteiger partial charge in [-0.2, -0.15) is 0 Å². The van der Waals surface area contributed by atoms with Crippen molar-refractivity contribution in [1.29, 1.82) is 0 Å². The first-order chi connectivity index (χ1) is 12.0. The highest BCUT2D eigenvalue weighted by molar-refractivity contribution is 7.18. The van der Waals surface area contributed by atoms with E-state index >= 15 is 0 Å². The van der Waals surface area contributed by atoms with Gasteiger partial charge in [-0.15, -0.1) is 11.3 Å². The summed E-state index contributed by atoms with van der Waals surface area (Å²) in [5.74, 6) is -0.810. The third-order valence-electron chi connectivity index (χ3n) is 4.45. The van der Waals surface area contributed by atoms with Gasteiger partial charge in [0.25, 0.3) is 5.56 Å². The molecule has 0 amide bonds. The number of aromatic nitrogens is 2. The molecule has 1 atom stereocenters. The van der Waals surface area contributed by atoms with Gasteiger partial charge in [0.1, 0.15) is 17.2 Å². The van der Waals surface area contributed by atoms with Crippen LogP contribution < -0.4 is 5.56 Å². The Labute approximate surface area is 148 Å². The molecule has 3 rings (SSSR count). The zero-order chi connectivity index (χ0) is 18.1. The van der Waals surface area contributed by atoms with Gasteiger partial charge in [0.15, 0.2) is 0 Å². The van der Waals surface area contributed by atoms with Crippen LogP contribution in [0.25, 0.3) is 10.2 Å². The van der Waals surface area contributed by atoms with E-state index in [0.29, 0.717) is 29.1 Å². The Hall–Kier alpha value is -2.22. The molecule has 2 aromatic rings. The number of hydrogen-bond acceptors (Lipinski definition) is 7. The monoisotopic (exact) mass is 364 g/mol. The van der Waals surface area contributed by atoms with Gasteiger partial charge in [-0.25, -0.2) is 4.98 Å². The minimum absolute atomic E-state index is 0.196. The Bertz CT molecular complexity index is 899. The molecule has 1 aliphatic rings. The van der Waals surface area contributed by atoms with Crippen LogP contribution in [0.5, 0.6) is 0 Å². The molecule has 2 heterocycles. The first-order valence-corrected chi connectivity index (χ1v) is 9.05. The number of nitrogens with zero attached hydrogens (tertiary/aromatic N) is 2. The number of fused-ring (bicyclic) bond motifs is 3. The SMILES string of the molecule is CCOC(=O)C1CCCc2sc3nc(C)n(CC(=O)OC)c(=O)c3c21. The van der Waals surface area contributed by atoms with Crippen molar-refractivity contribution in [3.63, 3.8) is 0 Å². The Kier molecular flexibility index (Phi) is 4.89. The number of carbonyl (C=O) groups excluding carboxylic acids is 2. The summed E-state index contributed by atoms with van der Waals surface area (Å²) in [7, 11) is 1.28. The third kappa shape index (κ3) is 3.06. The number of methoxy groups -OCH3 is 1. The lowest BCUT2D eigenvalue weighted by Gasteiger charge is -2.21. The van der Waals surface area contributed by atoms with Gasteiger partial charge in [-0.1, -0.05) is 0 Å². The maximum atomic E-state index is 13.0. The lowest BCUT2D eigenvalue weighted by atomic mass is 9.86. The lowest BCUT2D eigenvalue weighted by molar-refractivity contribution is -0.145. The summed E-state index contributed by atoms with van der Waals surface area (Å²) in [5, 5.41) is 0.437. The molecule has 7 nitrogen and oxygen atoms in total. The number of thiophene rings is 1. The second-order valence-electron chi connectivity index (χ2n) is 5.94. The fraction of sp³-hybridized carbons (Fsp3) is 0.529. The smallest absolute Gasteiger partial charge is 0.325 e. The van der Waals surface area contributed by atoms with Gasteiger partial charge in [-0.3, -0.25) is 19.0 Å². The first-order valence-electron chi connectivity index (χ1n) is 8.24. The minimum atomic E-state index is -0.516. The lowest BCUT2D eigenvalue weighted by Crippen LogP contribution is -2.29. The highest BCUT2D eigenvalue weighted by Gasteiger charge is 2.33. The van der Waals surface area contributed by atoms with E-state index in [0.717, 1.165) is 23.3 Å². The van der Waals surface area contributed by atoms with Crippen molar-refractivity contribution in [3.05, 3.63) is 26.6 Å². The molecule has 0 spiro atoms. The van der Waals surface area contributed by atoms with Gasteiger partial charge in [0, 0.05) is 4.88 Å². The van der Waals surface area contributed by atoms with Crippen molar-refractivity contribution in [1.82, 2.24) is 9.55 Å². The van der Waals surface area contributed by atoms with E-state index in [-0.39, 0.29) is 18.1 Å². The normalized spacial score (nSPS) is 16.5. The maximum absolute atomic E-state index is 13.0. The minimum Gasteiger partial charge on any atom is -0.468 e. The fourth-order valence-corrected chi connectivity index (χ4v) is 4.59. The fourth-order valence-electron chi connectivity index (χ4n) is 3.28. The number of aryl methyl sites for hydroxylation is 2. The van der Waals surface area contributed by atoms with Crippen molar-refractivity contribution in [2.24, 2.45) is 0 Å². The standard InChI is InChI=1S/C17H20N2O5S/c1-4-24-17(22)10-6-5-7-11-13(10)14-15(25-11)18-9(2)19(16(14)21)8-12(20)23-3/h10H,4-8H2,1-3H3. The molecule has 1 aliphatic carbocycles. The van der Waals surface area contributed by atoms with Crippen LogP contribution in [0.1, 0.15) is 41.9 Å². The summed E-state index contributed by atoms with van der Waals surface area (Å²) in [5.41, 5.74) is 0.433. The zero-order valence-corrected chi connectivity index (χ0v) is 15.3. The van der Waals surface area contributed by atoms with Crippen LogP contribution >= 0.6 is 11.3 Å². The van der Waals surface area contributed by atoms with E-state index in [9.17, 15) is 14.4 Å². The van der Waals surface area contributed by atoms with Gasteiger partial charge in [-0.05, 0) is 38.7 Å². The molecule has 0 fully saturated rings. The highest BCUT2D eigenvalue weighted by Crippen LogP contribution is 2.41. The summed E-state index contributed by atoms with van der Waals surface area (Å²) in [6.07, 6.45) is 2.35. The molecule has 1 unspecified atom stereocenters. The molecule has 0 bridgehead atoms.